The van der Waals surface area contributed by atoms with Crippen molar-refractivity contribution in [2.75, 3.05) is 6.61 Å². The summed E-state index contributed by atoms with van der Waals surface area (Å²) in [6, 6.07) is 4.44. The third-order valence-corrected chi connectivity index (χ3v) is 2.18. The molecule has 0 N–H and O–H groups in total. The number of hydrogen-bond acceptors (Lipinski definition) is 3. The molecule has 0 saturated heterocycles. The summed E-state index contributed by atoms with van der Waals surface area (Å²) < 4.78 is 12.0. The lowest BCUT2D eigenvalue weighted by Crippen LogP contribution is -2.10. The topological polar surface area (TPSA) is 35.5 Å². The highest BCUT2D eigenvalue weighted by Gasteiger charge is 2.06. The SMILES string of the molecule is O=C(OCC#CI)Oc1cc(Cl)cc(Cl)c1. The molecule has 6 heteroatoms. The zero-order chi connectivity index (χ0) is 12.0. The second kappa shape index (κ2) is 6.84. The fourth-order valence-electron chi connectivity index (χ4n) is 0.835. The Hall–Kier alpha value is -0.640. The van der Waals surface area contributed by atoms with Crippen molar-refractivity contribution in [3.63, 3.8) is 0 Å². The van der Waals surface area contributed by atoms with Gasteiger partial charge in [-0.1, -0.05) is 29.1 Å². The molecule has 0 unspecified atom stereocenters. The van der Waals surface area contributed by atoms with Crippen LogP contribution in [0, 0.1) is 9.85 Å². The molecule has 0 aliphatic carbocycles. The molecule has 0 heterocycles. The van der Waals surface area contributed by atoms with Gasteiger partial charge in [0.05, 0.1) is 0 Å². The summed E-state index contributed by atoms with van der Waals surface area (Å²) >= 11 is 13.3. The minimum Gasteiger partial charge on any atom is -0.421 e. The fraction of sp³-hybridized carbons (Fsp3) is 0.100. The summed E-state index contributed by atoms with van der Waals surface area (Å²) in [5.41, 5.74) is 0. The Morgan fingerprint density at radius 3 is 2.50 bits per heavy atom. The van der Waals surface area contributed by atoms with Crippen molar-refractivity contribution < 1.29 is 14.3 Å². The van der Waals surface area contributed by atoms with Crippen LogP contribution in [-0.2, 0) is 4.74 Å². The van der Waals surface area contributed by atoms with Gasteiger partial charge in [0.25, 0.3) is 0 Å². The largest absolute Gasteiger partial charge is 0.514 e. The quantitative estimate of drug-likeness (QED) is 0.343. The molecule has 84 valence electrons. The predicted octanol–water partition coefficient (Wildman–Crippen LogP) is 3.90. The molecule has 0 aliphatic rings. The van der Waals surface area contributed by atoms with E-state index in [0.717, 1.165) is 0 Å². The van der Waals surface area contributed by atoms with E-state index >= 15 is 0 Å². The van der Waals surface area contributed by atoms with Gasteiger partial charge in [-0.2, -0.15) is 0 Å². The van der Waals surface area contributed by atoms with Crippen molar-refractivity contribution in [2.45, 2.75) is 0 Å². The van der Waals surface area contributed by atoms with Crippen molar-refractivity contribution in [2.24, 2.45) is 0 Å². The molecule has 3 nitrogen and oxygen atoms in total. The third kappa shape index (κ3) is 4.92. The van der Waals surface area contributed by atoms with Gasteiger partial charge in [-0.3, -0.25) is 0 Å². The van der Waals surface area contributed by atoms with Crippen LogP contribution in [0.25, 0.3) is 0 Å². The van der Waals surface area contributed by atoms with E-state index < -0.39 is 6.16 Å². The minimum absolute atomic E-state index is 0.0178. The van der Waals surface area contributed by atoms with Crippen molar-refractivity contribution in [1.82, 2.24) is 0 Å². The van der Waals surface area contributed by atoms with E-state index in [0.29, 0.717) is 10.0 Å². The maximum absolute atomic E-state index is 11.1. The van der Waals surface area contributed by atoms with Crippen molar-refractivity contribution in [1.29, 1.82) is 0 Å². The van der Waals surface area contributed by atoms with Gasteiger partial charge in [0.1, 0.15) is 5.75 Å². The van der Waals surface area contributed by atoms with Gasteiger partial charge < -0.3 is 9.47 Å². The Balaban J connectivity index is 2.57. The van der Waals surface area contributed by atoms with Crippen LogP contribution in [0.3, 0.4) is 0 Å². The van der Waals surface area contributed by atoms with Crippen LogP contribution in [0.15, 0.2) is 18.2 Å². The number of carbonyl (C=O) groups is 1. The van der Waals surface area contributed by atoms with E-state index in [2.05, 4.69) is 14.6 Å². The normalized spacial score (nSPS) is 8.94. The smallest absolute Gasteiger partial charge is 0.421 e. The monoisotopic (exact) mass is 370 g/mol. The van der Waals surface area contributed by atoms with Crippen molar-refractivity contribution in [3.8, 4) is 15.6 Å². The summed E-state index contributed by atoms with van der Waals surface area (Å²) in [7, 11) is 0. The van der Waals surface area contributed by atoms with Crippen LogP contribution in [0.5, 0.6) is 5.75 Å². The summed E-state index contributed by atoms with van der Waals surface area (Å²) in [6.45, 7) is -0.0178. The van der Waals surface area contributed by atoms with Crippen LogP contribution in [0.2, 0.25) is 10.0 Å². The summed E-state index contributed by atoms with van der Waals surface area (Å²) in [6.07, 6.45) is -0.850. The Kier molecular flexibility index (Phi) is 5.74. The van der Waals surface area contributed by atoms with E-state index in [1.807, 2.05) is 22.6 Å². The maximum Gasteiger partial charge on any atom is 0.514 e. The number of carbonyl (C=O) groups excluding carboxylic acids is 1. The molecule has 0 amide bonds. The van der Waals surface area contributed by atoms with Crippen LogP contribution >= 0.6 is 45.8 Å². The highest BCUT2D eigenvalue weighted by atomic mass is 127. The highest BCUT2D eigenvalue weighted by molar-refractivity contribution is 14.1. The molecule has 0 atom stereocenters. The molecule has 1 aromatic carbocycles. The first kappa shape index (κ1) is 13.4. The van der Waals surface area contributed by atoms with Gasteiger partial charge in [0.2, 0.25) is 0 Å². The average molecular weight is 371 g/mol. The lowest BCUT2D eigenvalue weighted by molar-refractivity contribution is 0.111. The Bertz CT molecular complexity index is 431. The molecular weight excluding hydrogens is 366 g/mol. The zero-order valence-electron chi connectivity index (χ0n) is 7.80. The standard InChI is InChI=1S/C10H5Cl2IO3/c11-7-4-8(12)6-9(5-7)16-10(14)15-3-1-2-13/h4-6H,3H2. The molecular formula is C10H5Cl2IO3. The van der Waals surface area contributed by atoms with Crippen LogP contribution in [-0.4, -0.2) is 12.8 Å². The van der Waals surface area contributed by atoms with Gasteiger partial charge in [-0.15, -0.1) is 0 Å². The number of benzene rings is 1. The number of hydrogen-bond donors (Lipinski definition) is 0. The predicted molar refractivity (Wildman–Crippen MR) is 70.2 cm³/mol. The van der Waals surface area contributed by atoms with E-state index in [-0.39, 0.29) is 12.4 Å². The molecule has 16 heavy (non-hydrogen) atoms. The highest BCUT2D eigenvalue weighted by Crippen LogP contribution is 2.24. The first-order valence-electron chi connectivity index (χ1n) is 4.01. The zero-order valence-corrected chi connectivity index (χ0v) is 11.5. The van der Waals surface area contributed by atoms with Gasteiger partial charge in [-0.05, 0) is 22.1 Å². The number of rotatable bonds is 2. The molecule has 0 bridgehead atoms. The molecule has 0 aromatic heterocycles. The van der Waals surface area contributed by atoms with Crippen molar-refractivity contribution in [3.05, 3.63) is 28.2 Å². The van der Waals surface area contributed by atoms with Crippen molar-refractivity contribution >= 4 is 51.9 Å². The van der Waals surface area contributed by atoms with Gasteiger partial charge in [-0.25, -0.2) is 4.79 Å². The Morgan fingerprint density at radius 1 is 1.31 bits per heavy atom. The minimum atomic E-state index is -0.850. The van der Waals surface area contributed by atoms with Gasteiger partial charge >= 0.3 is 6.16 Å². The van der Waals surface area contributed by atoms with Crippen LogP contribution < -0.4 is 4.74 Å². The van der Waals surface area contributed by atoms with Crippen LogP contribution in [0.1, 0.15) is 0 Å². The number of halogens is 3. The molecule has 0 radical (unpaired) electrons. The summed E-state index contributed by atoms with van der Waals surface area (Å²) in [5, 5.41) is 0.754. The third-order valence-electron chi connectivity index (χ3n) is 1.37. The molecule has 0 saturated carbocycles. The first-order chi connectivity index (χ1) is 7.61. The fourth-order valence-corrected chi connectivity index (χ4v) is 1.50. The lowest BCUT2D eigenvalue weighted by atomic mass is 10.3. The van der Waals surface area contributed by atoms with Gasteiger partial charge in [0, 0.05) is 32.6 Å². The lowest BCUT2D eigenvalue weighted by Gasteiger charge is -2.04. The van der Waals surface area contributed by atoms with E-state index in [4.69, 9.17) is 27.9 Å². The maximum atomic E-state index is 11.1. The van der Waals surface area contributed by atoms with E-state index in [1.54, 1.807) is 0 Å². The van der Waals surface area contributed by atoms with Crippen LogP contribution in [0.4, 0.5) is 4.79 Å². The average Bonchev–Trinajstić information content (AvgIpc) is 2.16. The Morgan fingerprint density at radius 2 is 1.94 bits per heavy atom. The number of ether oxygens (including phenoxy) is 2. The second-order valence-corrected chi connectivity index (χ2v) is 3.93. The second-order valence-electron chi connectivity index (χ2n) is 2.52. The molecule has 0 fully saturated rings. The van der Waals surface area contributed by atoms with Gasteiger partial charge in [0.15, 0.2) is 6.61 Å². The molecule has 0 spiro atoms. The molecule has 0 aliphatic heterocycles. The Labute approximate surface area is 116 Å². The molecule has 1 rings (SSSR count). The summed E-state index contributed by atoms with van der Waals surface area (Å²) in [5.74, 6) is 2.78. The summed E-state index contributed by atoms with van der Waals surface area (Å²) in [4.78, 5) is 11.1. The van der Waals surface area contributed by atoms with E-state index in [9.17, 15) is 4.79 Å². The van der Waals surface area contributed by atoms with E-state index in [1.165, 1.54) is 18.2 Å². The first-order valence-corrected chi connectivity index (χ1v) is 5.84. The molecule has 1 aromatic rings.